The average Bonchev–Trinajstić information content (AvgIpc) is 2.41. The molecule has 1 aromatic rings. The number of nitrogens with one attached hydrogen (secondary N) is 1. The molecule has 102 valence electrons. The maximum atomic E-state index is 12.1. The summed E-state index contributed by atoms with van der Waals surface area (Å²) in [7, 11) is 2.09. The number of amides is 1. The third-order valence-corrected chi connectivity index (χ3v) is 3.59. The van der Waals surface area contributed by atoms with Crippen molar-refractivity contribution in [2.45, 2.75) is 25.8 Å². The summed E-state index contributed by atoms with van der Waals surface area (Å²) in [5.41, 5.74) is 1.14. The normalized spacial score (nSPS) is 17.2. The number of Topliss-reactive ketones (excluding diaryl/α,β-unsaturated/α-hetero) is 1. The van der Waals surface area contributed by atoms with Crippen LogP contribution in [0.5, 0.6) is 0 Å². The van der Waals surface area contributed by atoms with Crippen molar-refractivity contribution in [3.8, 4) is 0 Å². The Balaban J connectivity index is 2.00. The third-order valence-electron chi connectivity index (χ3n) is 3.59. The number of carbonyl (C=O) groups is 2. The monoisotopic (exact) mass is 260 g/mol. The van der Waals surface area contributed by atoms with Crippen molar-refractivity contribution in [1.82, 2.24) is 10.2 Å². The van der Waals surface area contributed by atoms with Crippen molar-refractivity contribution in [2.75, 3.05) is 20.1 Å². The number of ketones is 1. The van der Waals surface area contributed by atoms with E-state index in [0.29, 0.717) is 11.1 Å². The highest BCUT2D eigenvalue weighted by atomic mass is 16.1. The summed E-state index contributed by atoms with van der Waals surface area (Å²) in [6, 6.07) is 7.13. The fourth-order valence-corrected chi connectivity index (χ4v) is 2.30. The second-order valence-electron chi connectivity index (χ2n) is 5.19. The van der Waals surface area contributed by atoms with Crippen molar-refractivity contribution >= 4 is 11.7 Å². The van der Waals surface area contributed by atoms with Gasteiger partial charge in [0, 0.05) is 17.2 Å². The van der Waals surface area contributed by atoms with Gasteiger partial charge in [0.25, 0.3) is 5.91 Å². The molecule has 1 saturated heterocycles. The van der Waals surface area contributed by atoms with Crippen molar-refractivity contribution in [3.63, 3.8) is 0 Å². The second kappa shape index (κ2) is 5.97. The number of carbonyl (C=O) groups excluding carboxylic acids is 2. The van der Waals surface area contributed by atoms with Crippen molar-refractivity contribution in [1.29, 1.82) is 0 Å². The zero-order chi connectivity index (χ0) is 13.8. The molecule has 2 rings (SSSR count). The van der Waals surface area contributed by atoms with E-state index in [2.05, 4.69) is 17.3 Å². The van der Waals surface area contributed by atoms with E-state index in [1.54, 1.807) is 24.3 Å². The molecule has 0 aliphatic carbocycles. The summed E-state index contributed by atoms with van der Waals surface area (Å²) in [5.74, 6) is -0.105. The minimum absolute atomic E-state index is 0.0195. The van der Waals surface area contributed by atoms with Crippen LogP contribution in [0.15, 0.2) is 24.3 Å². The van der Waals surface area contributed by atoms with E-state index in [9.17, 15) is 9.59 Å². The van der Waals surface area contributed by atoms with Gasteiger partial charge >= 0.3 is 0 Å². The number of nitrogens with zero attached hydrogens (tertiary/aromatic N) is 1. The first-order valence-electron chi connectivity index (χ1n) is 6.66. The van der Waals surface area contributed by atoms with Gasteiger partial charge < -0.3 is 10.2 Å². The predicted molar refractivity (Wildman–Crippen MR) is 74.4 cm³/mol. The molecule has 0 spiro atoms. The molecule has 1 aliphatic heterocycles. The van der Waals surface area contributed by atoms with Crippen LogP contribution in [0, 0.1) is 0 Å². The van der Waals surface area contributed by atoms with Crippen LogP contribution in [-0.2, 0) is 0 Å². The van der Waals surface area contributed by atoms with E-state index in [1.165, 1.54) is 6.92 Å². The fraction of sp³-hybridized carbons (Fsp3) is 0.467. The quantitative estimate of drug-likeness (QED) is 0.842. The molecule has 1 fully saturated rings. The number of piperidine rings is 1. The van der Waals surface area contributed by atoms with Crippen LogP contribution in [0.25, 0.3) is 0 Å². The van der Waals surface area contributed by atoms with Gasteiger partial charge in [0.05, 0.1) is 0 Å². The number of hydrogen-bond acceptors (Lipinski definition) is 3. The lowest BCUT2D eigenvalue weighted by molar-refractivity contribution is 0.0917. The summed E-state index contributed by atoms with van der Waals surface area (Å²) >= 11 is 0. The van der Waals surface area contributed by atoms with Crippen LogP contribution in [0.4, 0.5) is 0 Å². The maximum absolute atomic E-state index is 12.1. The Labute approximate surface area is 113 Å². The van der Waals surface area contributed by atoms with E-state index >= 15 is 0 Å². The van der Waals surface area contributed by atoms with Crippen LogP contribution >= 0.6 is 0 Å². The summed E-state index contributed by atoms with van der Waals surface area (Å²) in [6.45, 7) is 3.53. The van der Waals surface area contributed by atoms with Gasteiger partial charge in [0.2, 0.25) is 0 Å². The van der Waals surface area contributed by atoms with Gasteiger partial charge in [-0.15, -0.1) is 0 Å². The Morgan fingerprint density at radius 2 is 1.84 bits per heavy atom. The van der Waals surface area contributed by atoms with Gasteiger partial charge in [-0.2, -0.15) is 0 Å². The molecule has 0 atom stereocenters. The summed E-state index contributed by atoms with van der Waals surface area (Å²) in [5, 5.41) is 3.04. The molecular weight excluding hydrogens is 240 g/mol. The molecule has 0 saturated carbocycles. The van der Waals surface area contributed by atoms with Crippen LogP contribution in [0.1, 0.15) is 40.5 Å². The minimum atomic E-state index is -0.0855. The van der Waals surface area contributed by atoms with Crippen LogP contribution in [-0.4, -0.2) is 42.8 Å². The van der Waals surface area contributed by atoms with Crippen LogP contribution in [0.3, 0.4) is 0 Å². The summed E-state index contributed by atoms with van der Waals surface area (Å²) in [4.78, 5) is 25.7. The highest BCUT2D eigenvalue weighted by Crippen LogP contribution is 2.11. The predicted octanol–water partition coefficient (Wildman–Crippen LogP) is 1.71. The molecule has 1 amide bonds. The zero-order valence-corrected chi connectivity index (χ0v) is 11.5. The third kappa shape index (κ3) is 3.64. The molecule has 0 radical (unpaired) electrons. The van der Waals surface area contributed by atoms with E-state index in [1.807, 2.05) is 0 Å². The molecule has 0 bridgehead atoms. The van der Waals surface area contributed by atoms with Crippen molar-refractivity contribution < 1.29 is 9.59 Å². The SMILES string of the molecule is CC(=O)c1cccc(C(=O)NC2CCN(C)CC2)c1. The lowest BCUT2D eigenvalue weighted by Gasteiger charge is -2.29. The first-order chi connectivity index (χ1) is 9.06. The molecule has 0 aromatic heterocycles. The largest absolute Gasteiger partial charge is 0.349 e. The van der Waals surface area contributed by atoms with Gasteiger partial charge in [-0.05, 0) is 52.0 Å². The van der Waals surface area contributed by atoms with Crippen LogP contribution in [0.2, 0.25) is 0 Å². The zero-order valence-electron chi connectivity index (χ0n) is 11.5. The van der Waals surface area contributed by atoms with Crippen molar-refractivity contribution in [2.24, 2.45) is 0 Å². The van der Waals surface area contributed by atoms with Gasteiger partial charge in [-0.1, -0.05) is 12.1 Å². The Morgan fingerprint density at radius 3 is 2.47 bits per heavy atom. The summed E-state index contributed by atoms with van der Waals surface area (Å²) < 4.78 is 0. The smallest absolute Gasteiger partial charge is 0.251 e. The highest BCUT2D eigenvalue weighted by Gasteiger charge is 2.19. The molecule has 4 nitrogen and oxygen atoms in total. The molecule has 1 aromatic carbocycles. The molecule has 19 heavy (non-hydrogen) atoms. The Bertz CT molecular complexity index is 477. The first-order valence-corrected chi connectivity index (χ1v) is 6.66. The van der Waals surface area contributed by atoms with Gasteiger partial charge in [-0.3, -0.25) is 9.59 Å². The number of hydrogen-bond donors (Lipinski definition) is 1. The van der Waals surface area contributed by atoms with Gasteiger partial charge in [-0.25, -0.2) is 0 Å². The molecule has 1 N–H and O–H groups in total. The maximum Gasteiger partial charge on any atom is 0.251 e. The molecule has 4 heteroatoms. The van der Waals surface area contributed by atoms with E-state index in [-0.39, 0.29) is 17.7 Å². The highest BCUT2D eigenvalue weighted by molar-refractivity contribution is 5.99. The fourth-order valence-electron chi connectivity index (χ4n) is 2.30. The first kappa shape index (κ1) is 13.7. The van der Waals surface area contributed by atoms with Crippen LogP contribution < -0.4 is 5.32 Å². The van der Waals surface area contributed by atoms with E-state index < -0.39 is 0 Å². The van der Waals surface area contributed by atoms with Crippen molar-refractivity contribution in [3.05, 3.63) is 35.4 Å². The molecule has 1 heterocycles. The topological polar surface area (TPSA) is 49.4 Å². The van der Waals surface area contributed by atoms with E-state index in [4.69, 9.17) is 0 Å². The molecular formula is C15H20N2O2. The number of likely N-dealkylation sites (tertiary alicyclic amines) is 1. The molecule has 0 unspecified atom stereocenters. The minimum Gasteiger partial charge on any atom is -0.349 e. The lowest BCUT2D eigenvalue weighted by atomic mass is 10.0. The number of benzene rings is 1. The van der Waals surface area contributed by atoms with E-state index in [0.717, 1.165) is 25.9 Å². The van der Waals surface area contributed by atoms with Gasteiger partial charge in [0.15, 0.2) is 5.78 Å². The Morgan fingerprint density at radius 1 is 1.21 bits per heavy atom. The standard InChI is InChI=1S/C15H20N2O2/c1-11(18)12-4-3-5-13(10-12)15(19)16-14-6-8-17(2)9-7-14/h3-5,10,14H,6-9H2,1-2H3,(H,16,19). The second-order valence-corrected chi connectivity index (χ2v) is 5.19. The number of rotatable bonds is 3. The Kier molecular flexibility index (Phi) is 4.32. The average molecular weight is 260 g/mol. The van der Waals surface area contributed by atoms with Gasteiger partial charge in [0.1, 0.15) is 0 Å². The lowest BCUT2D eigenvalue weighted by Crippen LogP contribution is -2.43. The molecule has 1 aliphatic rings. The Hall–Kier alpha value is -1.68. The summed E-state index contributed by atoms with van der Waals surface area (Å²) in [6.07, 6.45) is 1.96.